The molecule has 0 aliphatic carbocycles. The molecule has 1 N–H and O–H groups in total. The van der Waals surface area contributed by atoms with Crippen LogP contribution in [0.5, 0.6) is 11.5 Å². The Morgan fingerprint density at radius 3 is 2.36 bits per heavy atom. The summed E-state index contributed by atoms with van der Waals surface area (Å²) in [5.74, 6) is 1.17. The Morgan fingerprint density at radius 2 is 1.64 bits per heavy atom. The second-order valence-electron chi connectivity index (χ2n) is 9.38. The first-order chi connectivity index (χ1) is 17.6. The predicted octanol–water partition coefficient (Wildman–Crippen LogP) is 7.83. The van der Waals surface area contributed by atoms with Gasteiger partial charge < -0.3 is 14.3 Å². The van der Waals surface area contributed by atoms with Crippen LogP contribution >= 0.6 is 11.6 Å². The molecule has 4 aromatic rings. The Bertz CT molecular complexity index is 1330. The van der Waals surface area contributed by atoms with Gasteiger partial charge in [0.25, 0.3) is 0 Å². The van der Waals surface area contributed by atoms with Gasteiger partial charge in [-0.05, 0) is 115 Å². The molecular weight excluding hydrogens is 470 g/mol. The molecule has 4 nitrogen and oxygen atoms in total. The molecule has 0 radical (unpaired) electrons. The van der Waals surface area contributed by atoms with E-state index >= 15 is 0 Å². The number of likely N-dealkylation sites (tertiary alicyclic amines) is 1. The second kappa shape index (κ2) is 11.2. The first-order valence-electron chi connectivity index (χ1n) is 12.7. The maximum Gasteiger partial charge on any atom is 0.194 e. The van der Waals surface area contributed by atoms with Gasteiger partial charge in [-0.3, -0.25) is 4.90 Å². The zero-order valence-electron chi connectivity index (χ0n) is 20.7. The van der Waals surface area contributed by atoms with Crippen molar-refractivity contribution in [2.24, 2.45) is 0 Å². The quantitative estimate of drug-likeness (QED) is 0.237. The van der Waals surface area contributed by atoms with Crippen molar-refractivity contribution in [2.75, 3.05) is 26.2 Å². The Labute approximate surface area is 217 Å². The number of benzene rings is 3. The molecule has 3 aromatic carbocycles. The van der Waals surface area contributed by atoms with Crippen LogP contribution < -0.4 is 4.74 Å². The summed E-state index contributed by atoms with van der Waals surface area (Å²) in [6, 6.07) is 24.0. The number of aromatic hydroxyl groups is 1. The number of ether oxygens (including phenoxy) is 1. The van der Waals surface area contributed by atoms with Crippen LogP contribution in [-0.2, 0) is 6.42 Å². The maximum absolute atomic E-state index is 9.77. The number of rotatable bonds is 9. The van der Waals surface area contributed by atoms with Gasteiger partial charge in [-0.1, -0.05) is 37.3 Å². The van der Waals surface area contributed by atoms with Crippen LogP contribution in [0.25, 0.3) is 22.1 Å². The minimum Gasteiger partial charge on any atom is -0.508 e. The molecule has 1 aliphatic rings. The Kier molecular flexibility index (Phi) is 7.64. The summed E-state index contributed by atoms with van der Waals surface area (Å²) in [6.07, 6.45) is 4.22. The number of allylic oxidation sites excluding steroid dienone is 2. The fraction of sp³-hybridized carbons (Fsp3) is 0.290. The van der Waals surface area contributed by atoms with Crippen LogP contribution in [0.2, 0.25) is 5.22 Å². The van der Waals surface area contributed by atoms with Gasteiger partial charge in [0.1, 0.15) is 23.7 Å². The molecule has 0 unspecified atom stereocenters. The lowest BCUT2D eigenvalue weighted by molar-refractivity contribution is 0.238. The maximum atomic E-state index is 9.77. The van der Waals surface area contributed by atoms with Crippen LogP contribution in [0.4, 0.5) is 0 Å². The molecule has 1 aliphatic heterocycles. The number of fused-ring (bicyclic) bond motifs is 1. The standard InChI is InChI=1S/C31H32ClNO3/c1-2-28(24-9-14-30-25(20-24)21-31(32)36-30)29(19-22-5-10-26(34)11-6-22)23-7-12-27(13-8-23)35-18-17-33-15-3-4-16-33/h5-14,20-21,34H,2-4,15-19H2,1H3. The van der Waals surface area contributed by atoms with E-state index in [-0.39, 0.29) is 5.75 Å². The lowest BCUT2D eigenvalue weighted by Gasteiger charge is -2.18. The molecular formula is C31H32ClNO3. The van der Waals surface area contributed by atoms with E-state index in [1.807, 2.05) is 24.3 Å². The fourth-order valence-corrected chi connectivity index (χ4v) is 5.24. The van der Waals surface area contributed by atoms with Crippen molar-refractivity contribution in [1.29, 1.82) is 0 Å². The summed E-state index contributed by atoms with van der Waals surface area (Å²) in [6.45, 7) is 6.25. The van der Waals surface area contributed by atoms with E-state index < -0.39 is 0 Å². The van der Waals surface area contributed by atoms with Crippen molar-refractivity contribution < 1.29 is 14.3 Å². The Balaban J connectivity index is 1.45. The lowest BCUT2D eigenvalue weighted by atomic mass is 9.88. The summed E-state index contributed by atoms with van der Waals surface area (Å²) < 4.78 is 11.6. The molecule has 0 saturated carbocycles. The zero-order valence-corrected chi connectivity index (χ0v) is 21.4. The van der Waals surface area contributed by atoms with E-state index in [2.05, 4.69) is 48.2 Å². The molecule has 5 heteroatoms. The van der Waals surface area contributed by atoms with Crippen LogP contribution in [0.15, 0.2) is 77.2 Å². The highest BCUT2D eigenvalue weighted by molar-refractivity contribution is 6.29. The molecule has 1 aromatic heterocycles. The third-order valence-corrected chi connectivity index (χ3v) is 7.13. The highest BCUT2D eigenvalue weighted by atomic mass is 35.5. The van der Waals surface area contributed by atoms with Crippen LogP contribution in [0, 0.1) is 0 Å². The minimum atomic E-state index is 0.276. The topological polar surface area (TPSA) is 45.8 Å². The summed E-state index contributed by atoms with van der Waals surface area (Å²) in [5, 5.41) is 11.2. The average Bonchev–Trinajstić information content (AvgIpc) is 3.54. The third-order valence-electron chi connectivity index (χ3n) is 6.95. The van der Waals surface area contributed by atoms with Gasteiger partial charge >= 0.3 is 0 Å². The summed E-state index contributed by atoms with van der Waals surface area (Å²) in [5.41, 5.74) is 6.77. The van der Waals surface area contributed by atoms with Crippen LogP contribution in [-0.4, -0.2) is 36.2 Å². The third kappa shape index (κ3) is 5.77. The SMILES string of the molecule is CCC(=C(Cc1ccc(O)cc1)c1ccc(OCCN2CCCC2)cc1)c1ccc2oc(Cl)cc2c1. The largest absolute Gasteiger partial charge is 0.508 e. The van der Waals surface area contributed by atoms with Crippen molar-refractivity contribution in [3.05, 3.63) is 94.7 Å². The number of phenolic OH excluding ortho intramolecular Hbond substituents is 1. The molecule has 1 saturated heterocycles. The first-order valence-corrected chi connectivity index (χ1v) is 13.1. The molecule has 0 amide bonds. The lowest BCUT2D eigenvalue weighted by Crippen LogP contribution is -2.25. The van der Waals surface area contributed by atoms with Gasteiger partial charge in [-0.15, -0.1) is 0 Å². The van der Waals surface area contributed by atoms with Crippen molar-refractivity contribution in [2.45, 2.75) is 32.6 Å². The molecule has 1 fully saturated rings. The number of hydrogen-bond acceptors (Lipinski definition) is 4. The van der Waals surface area contributed by atoms with E-state index in [9.17, 15) is 5.11 Å². The first kappa shape index (κ1) is 24.5. The van der Waals surface area contributed by atoms with E-state index in [0.29, 0.717) is 11.8 Å². The Hall–Kier alpha value is -3.21. The summed E-state index contributed by atoms with van der Waals surface area (Å²) in [7, 11) is 0. The van der Waals surface area contributed by atoms with Gasteiger partial charge in [-0.2, -0.15) is 0 Å². The van der Waals surface area contributed by atoms with E-state index in [1.165, 1.54) is 37.1 Å². The predicted molar refractivity (Wildman–Crippen MR) is 148 cm³/mol. The van der Waals surface area contributed by atoms with E-state index in [4.69, 9.17) is 20.8 Å². The summed E-state index contributed by atoms with van der Waals surface area (Å²) in [4.78, 5) is 2.46. The number of nitrogens with zero attached hydrogens (tertiary/aromatic N) is 1. The minimum absolute atomic E-state index is 0.276. The van der Waals surface area contributed by atoms with E-state index in [0.717, 1.165) is 52.8 Å². The van der Waals surface area contributed by atoms with Crippen molar-refractivity contribution >= 4 is 33.7 Å². The number of phenols is 1. The highest BCUT2D eigenvalue weighted by Gasteiger charge is 2.14. The monoisotopic (exact) mass is 501 g/mol. The van der Waals surface area contributed by atoms with Gasteiger partial charge in [0.05, 0.1) is 0 Å². The highest BCUT2D eigenvalue weighted by Crippen LogP contribution is 2.35. The van der Waals surface area contributed by atoms with Crippen LogP contribution in [0.3, 0.4) is 0 Å². The summed E-state index contributed by atoms with van der Waals surface area (Å²) >= 11 is 6.10. The number of halogens is 1. The van der Waals surface area contributed by atoms with E-state index in [1.54, 1.807) is 12.1 Å². The van der Waals surface area contributed by atoms with Crippen molar-refractivity contribution in [3.8, 4) is 11.5 Å². The molecule has 0 atom stereocenters. The van der Waals surface area contributed by atoms with Gasteiger partial charge in [0, 0.05) is 18.0 Å². The molecule has 2 heterocycles. The average molecular weight is 502 g/mol. The van der Waals surface area contributed by atoms with Crippen molar-refractivity contribution in [1.82, 2.24) is 4.90 Å². The fourth-order valence-electron chi connectivity index (χ4n) is 5.04. The molecule has 0 bridgehead atoms. The zero-order chi connectivity index (χ0) is 24.9. The van der Waals surface area contributed by atoms with Crippen LogP contribution in [0.1, 0.15) is 42.9 Å². The molecule has 0 spiro atoms. The second-order valence-corrected chi connectivity index (χ2v) is 9.75. The molecule has 186 valence electrons. The van der Waals surface area contributed by atoms with Gasteiger partial charge in [0.2, 0.25) is 0 Å². The van der Waals surface area contributed by atoms with Gasteiger partial charge in [0.15, 0.2) is 5.22 Å². The van der Waals surface area contributed by atoms with Crippen molar-refractivity contribution in [3.63, 3.8) is 0 Å². The molecule has 36 heavy (non-hydrogen) atoms. The van der Waals surface area contributed by atoms with Gasteiger partial charge in [-0.25, -0.2) is 0 Å². The number of hydrogen-bond donors (Lipinski definition) is 1. The Morgan fingerprint density at radius 1 is 0.917 bits per heavy atom. The number of furan rings is 1. The smallest absolute Gasteiger partial charge is 0.194 e. The molecule has 5 rings (SSSR count). The normalized spacial score (nSPS) is 14.8.